The van der Waals surface area contributed by atoms with E-state index in [9.17, 15) is 9.90 Å². The lowest BCUT2D eigenvalue weighted by Crippen LogP contribution is -2.48. The molecule has 0 aromatic heterocycles. The molecule has 0 aliphatic carbocycles. The number of aromatic hydroxyl groups is 2. The Morgan fingerprint density at radius 2 is 2.06 bits per heavy atom. The van der Waals surface area contributed by atoms with Crippen molar-refractivity contribution in [1.29, 1.82) is 0 Å². The Morgan fingerprint density at radius 1 is 1.41 bits per heavy atom. The van der Waals surface area contributed by atoms with Crippen molar-refractivity contribution in [3.63, 3.8) is 0 Å². The summed E-state index contributed by atoms with van der Waals surface area (Å²) < 4.78 is 4.86. The van der Waals surface area contributed by atoms with E-state index in [2.05, 4.69) is 0 Å². The fourth-order valence-corrected chi connectivity index (χ4v) is 1.47. The van der Waals surface area contributed by atoms with Gasteiger partial charge in [0, 0.05) is 6.42 Å². The van der Waals surface area contributed by atoms with Crippen LogP contribution >= 0.6 is 0 Å². The summed E-state index contributed by atoms with van der Waals surface area (Å²) in [4.78, 5) is 11.6. The molecule has 1 atom stereocenters. The van der Waals surface area contributed by atoms with Crippen LogP contribution in [-0.4, -0.2) is 28.3 Å². The lowest BCUT2D eigenvalue weighted by molar-refractivity contribution is -0.148. The number of esters is 1. The number of hydrogen-bond donors (Lipinski definition) is 3. The number of carbonyl (C=O) groups excluding carboxylic acids is 1. The van der Waals surface area contributed by atoms with E-state index in [1.807, 2.05) is 0 Å². The van der Waals surface area contributed by atoms with E-state index in [4.69, 9.17) is 15.6 Å². The first-order chi connectivity index (χ1) is 7.86. The molecule has 0 aliphatic rings. The van der Waals surface area contributed by atoms with Crippen molar-refractivity contribution >= 4 is 5.97 Å². The van der Waals surface area contributed by atoms with Crippen molar-refractivity contribution in [2.45, 2.75) is 25.8 Å². The molecule has 5 heteroatoms. The third-order valence-corrected chi connectivity index (χ3v) is 2.35. The summed E-state index contributed by atoms with van der Waals surface area (Å²) in [5.74, 6) is -0.932. The van der Waals surface area contributed by atoms with Crippen molar-refractivity contribution in [2.24, 2.45) is 5.73 Å². The maximum absolute atomic E-state index is 11.6. The number of phenolic OH excluding ortho intramolecular Hbond substituents is 2. The zero-order valence-electron chi connectivity index (χ0n) is 9.93. The molecule has 0 fully saturated rings. The second-order valence-corrected chi connectivity index (χ2v) is 4.14. The normalized spacial score (nSPS) is 14.1. The van der Waals surface area contributed by atoms with Crippen molar-refractivity contribution in [3.8, 4) is 11.5 Å². The first kappa shape index (κ1) is 13.3. The van der Waals surface area contributed by atoms with Crippen molar-refractivity contribution in [3.05, 3.63) is 23.8 Å². The van der Waals surface area contributed by atoms with Gasteiger partial charge in [-0.1, -0.05) is 6.07 Å². The Kier molecular flexibility index (Phi) is 3.96. The first-order valence-electron chi connectivity index (χ1n) is 5.34. The minimum Gasteiger partial charge on any atom is -0.504 e. The first-order valence-corrected chi connectivity index (χ1v) is 5.34. The molecule has 0 saturated carbocycles. The van der Waals surface area contributed by atoms with E-state index < -0.39 is 11.5 Å². The quantitative estimate of drug-likeness (QED) is 0.536. The Hall–Kier alpha value is -1.75. The van der Waals surface area contributed by atoms with Crippen LogP contribution in [-0.2, 0) is 16.0 Å². The maximum Gasteiger partial charge on any atom is 0.326 e. The van der Waals surface area contributed by atoms with Crippen molar-refractivity contribution in [1.82, 2.24) is 0 Å². The number of phenols is 2. The second kappa shape index (κ2) is 5.05. The zero-order valence-corrected chi connectivity index (χ0v) is 9.93. The van der Waals surface area contributed by atoms with Gasteiger partial charge in [-0.25, -0.2) is 0 Å². The molecule has 0 bridgehead atoms. The predicted molar refractivity (Wildman–Crippen MR) is 62.7 cm³/mol. The van der Waals surface area contributed by atoms with Crippen molar-refractivity contribution < 1.29 is 19.7 Å². The molecule has 0 aliphatic heterocycles. The van der Waals surface area contributed by atoms with Gasteiger partial charge in [-0.3, -0.25) is 4.79 Å². The molecule has 1 aromatic carbocycles. The van der Waals surface area contributed by atoms with Gasteiger partial charge in [0.15, 0.2) is 11.5 Å². The van der Waals surface area contributed by atoms with Crippen molar-refractivity contribution in [2.75, 3.05) is 6.61 Å². The highest BCUT2D eigenvalue weighted by Crippen LogP contribution is 2.26. The van der Waals surface area contributed by atoms with E-state index in [0.717, 1.165) is 0 Å². The number of benzene rings is 1. The van der Waals surface area contributed by atoms with Crippen LogP contribution in [0.1, 0.15) is 19.4 Å². The average molecular weight is 239 g/mol. The molecule has 4 N–H and O–H groups in total. The van der Waals surface area contributed by atoms with Crippen LogP contribution in [0.4, 0.5) is 0 Å². The van der Waals surface area contributed by atoms with E-state index >= 15 is 0 Å². The van der Waals surface area contributed by atoms with Gasteiger partial charge in [0.1, 0.15) is 5.54 Å². The molecule has 17 heavy (non-hydrogen) atoms. The molecule has 0 amide bonds. The van der Waals surface area contributed by atoms with Crippen LogP contribution in [0.5, 0.6) is 11.5 Å². The van der Waals surface area contributed by atoms with E-state index in [1.165, 1.54) is 12.1 Å². The summed E-state index contributed by atoms with van der Waals surface area (Å²) in [6.07, 6.45) is 0.222. The standard InChI is InChI=1S/C12H17NO4/c1-3-17-11(16)12(2,13)7-8-4-5-9(14)10(15)6-8/h4-6,14-15H,3,7,13H2,1-2H3/t12-/m1/s1. The van der Waals surface area contributed by atoms with Gasteiger partial charge in [-0.05, 0) is 31.5 Å². The molecule has 0 unspecified atom stereocenters. The second-order valence-electron chi connectivity index (χ2n) is 4.14. The summed E-state index contributed by atoms with van der Waals surface area (Å²) in [6, 6.07) is 4.32. The van der Waals surface area contributed by atoms with E-state index in [0.29, 0.717) is 5.56 Å². The minimum atomic E-state index is -1.15. The third kappa shape index (κ3) is 3.35. The number of ether oxygens (including phenoxy) is 1. The van der Waals surface area contributed by atoms with Gasteiger partial charge in [0.25, 0.3) is 0 Å². The van der Waals surface area contributed by atoms with Crippen LogP contribution in [0, 0.1) is 0 Å². The molecular weight excluding hydrogens is 222 g/mol. The van der Waals surface area contributed by atoms with Gasteiger partial charge in [-0.2, -0.15) is 0 Å². The summed E-state index contributed by atoms with van der Waals surface area (Å²) in [5, 5.41) is 18.5. The Labute approximate surface area is 99.8 Å². The van der Waals surface area contributed by atoms with Crippen LogP contribution < -0.4 is 5.73 Å². The zero-order chi connectivity index (χ0) is 13.1. The Balaban J connectivity index is 2.82. The Bertz CT molecular complexity index is 415. The summed E-state index contributed by atoms with van der Waals surface area (Å²) in [6.45, 7) is 3.54. The van der Waals surface area contributed by atoms with E-state index in [1.54, 1.807) is 19.9 Å². The molecule has 1 rings (SSSR count). The van der Waals surface area contributed by atoms with E-state index in [-0.39, 0.29) is 24.5 Å². The highest BCUT2D eigenvalue weighted by Gasteiger charge is 2.30. The fraction of sp³-hybridized carbons (Fsp3) is 0.417. The van der Waals surface area contributed by atoms with Gasteiger partial charge in [0.05, 0.1) is 6.61 Å². The number of carbonyl (C=O) groups is 1. The molecule has 0 spiro atoms. The van der Waals surface area contributed by atoms with Gasteiger partial charge in [-0.15, -0.1) is 0 Å². The lowest BCUT2D eigenvalue weighted by atomic mass is 9.94. The summed E-state index contributed by atoms with van der Waals surface area (Å²) >= 11 is 0. The van der Waals surface area contributed by atoms with Crippen LogP contribution in [0.15, 0.2) is 18.2 Å². The number of hydrogen-bond acceptors (Lipinski definition) is 5. The predicted octanol–water partition coefficient (Wildman–Crippen LogP) is 0.921. The summed E-state index contributed by atoms with van der Waals surface area (Å²) in [5.41, 5.74) is 5.35. The lowest BCUT2D eigenvalue weighted by Gasteiger charge is -2.22. The molecule has 0 heterocycles. The highest BCUT2D eigenvalue weighted by atomic mass is 16.5. The van der Waals surface area contributed by atoms with Gasteiger partial charge in [0.2, 0.25) is 0 Å². The van der Waals surface area contributed by atoms with Crippen LogP contribution in [0.2, 0.25) is 0 Å². The fourth-order valence-electron chi connectivity index (χ4n) is 1.47. The molecule has 0 saturated heterocycles. The monoisotopic (exact) mass is 239 g/mol. The topological polar surface area (TPSA) is 92.8 Å². The smallest absolute Gasteiger partial charge is 0.326 e. The van der Waals surface area contributed by atoms with Crippen LogP contribution in [0.25, 0.3) is 0 Å². The molecule has 94 valence electrons. The molecular formula is C12H17NO4. The number of rotatable bonds is 4. The summed E-state index contributed by atoms with van der Waals surface area (Å²) in [7, 11) is 0. The highest BCUT2D eigenvalue weighted by molar-refractivity contribution is 5.80. The largest absolute Gasteiger partial charge is 0.504 e. The maximum atomic E-state index is 11.6. The molecule has 0 radical (unpaired) electrons. The van der Waals surface area contributed by atoms with Gasteiger partial charge < -0.3 is 20.7 Å². The Morgan fingerprint density at radius 3 is 2.59 bits per heavy atom. The average Bonchev–Trinajstić information content (AvgIpc) is 2.23. The molecule has 1 aromatic rings. The van der Waals surface area contributed by atoms with Crippen LogP contribution in [0.3, 0.4) is 0 Å². The minimum absolute atomic E-state index is 0.205. The third-order valence-electron chi connectivity index (χ3n) is 2.35. The SMILES string of the molecule is CCOC(=O)[C@](C)(N)Cc1ccc(O)c(O)c1. The number of nitrogens with two attached hydrogens (primary N) is 1. The van der Waals surface area contributed by atoms with Gasteiger partial charge >= 0.3 is 5.97 Å². The molecule has 5 nitrogen and oxygen atoms in total.